The number of hydrogen-bond acceptors (Lipinski definition) is 5. The number of rotatable bonds is 6. The van der Waals surface area contributed by atoms with Crippen molar-refractivity contribution in [3.63, 3.8) is 0 Å². The van der Waals surface area contributed by atoms with Crippen molar-refractivity contribution in [2.75, 3.05) is 41.8 Å². The van der Waals surface area contributed by atoms with Gasteiger partial charge in [-0.2, -0.15) is 0 Å². The number of aliphatic hydroxyl groups excluding tert-OH is 1. The van der Waals surface area contributed by atoms with Crippen molar-refractivity contribution in [2.24, 2.45) is 0 Å². The molecule has 0 saturated carbocycles. The predicted molar refractivity (Wildman–Crippen MR) is 104 cm³/mol. The van der Waals surface area contributed by atoms with Gasteiger partial charge in [0.2, 0.25) is 5.91 Å². The Bertz CT molecular complexity index is 727. The molecule has 1 unspecified atom stereocenters. The third kappa shape index (κ3) is 4.74. The summed E-state index contributed by atoms with van der Waals surface area (Å²) in [4.78, 5) is 14.7. The van der Waals surface area contributed by atoms with E-state index in [1.54, 1.807) is 0 Å². The maximum absolute atomic E-state index is 12.4. The quantitative estimate of drug-likeness (QED) is 0.742. The van der Waals surface area contributed by atoms with Gasteiger partial charge in [0.05, 0.1) is 19.8 Å². The molecule has 2 aromatic rings. The lowest BCUT2D eigenvalue weighted by molar-refractivity contribution is -0.116. The van der Waals surface area contributed by atoms with Crippen LogP contribution in [0.25, 0.3) is 0 Å². The molecule has 0 bridgehead atoms. The number of amides is 1. The van der Waals surface area contributed by atoms with Crippen LogP contribution in [0.5, 0.6) is 0 Å². The predicted octanol–water partition coefficient (Wildman–Crippen LogP) is 2.45. The molecule has 1 fully saturated rings. The fraction of sp³-hybridized carbons (Fsp3) is 0.350. The standard InChI is InChI=1S/C20H25N3O3/c1-15(21-18-4-2-3-16(13-18)14-24)20(25)22-17-5-7-19(8-6-17)23-9-11-26-12-10-23/h2-8,13,15,21,24H,9-12,14H2,1H3,(H,22,25). The van der Waals surface area contributed by atoms with Gasteiger partial charge in [-0.15, -0.1) is 0 Å². The van der Waals surface area contributed by atoms with Crippen molar-refractivity contribution in [3.05, 3.63) is 54.1 Å². The summed E-state index contributed by atoms with van der Waals surface area (Å²) in [5, 5.41) is 15.3. The number of benzene rings is 2. The molecule has 1 amide bonds. The molecular weight excluding hydrogens is 330 g/mol. The molecule has 0 aromatic heterocycles. The fourth-order valence-corrected chi connectivity index (χ4v) is 2.90. The summed E-state index contributed by atoms with van der Waals surface area (Å²) in [6.45, 7) is 5.06. The van der Waals surface area contributed by atoms with Gasteiger partial charge in [0, 0.05) is 30.2 Å². The zero-order chi connectivity index (χ0) is 18.4. The molecule has 2 aromatic carbocycles. The number of carbonyl (C=O) groups is 1. The van der Waals surface area contributed by atoms with E-state index in [2.05, 4.69) is 15.5 Å². The topological polar surface area (TPSA) is 73.8 Å². The van der Waals surface area contributed by atoms with Crippen LogP contribution in [0.1, 0.15) is 12.5 Å². The number of aliphatic hydroxyl groups is 1. The maximum Gasteiger partial charge on any atom is 0.246 e. The molecule has 1 heterocycles. The van der Waals surface area contributed by atoms with Gasteiger partial charge < -0.3 is 25.4 Å². The highest BCUT2D eigenvalue weighted by Gasteiger charge is 2.14. The van der Waals surface area contributed by atoms with Gasteiger partial charge in [0.1, 0.15) is 6.04 Å². The number of nitrogens with zero attached hydrogens (tertiary/aromatic N) is 1. The van der Waals surface area contributed by atoms with Crippen molar-refractivity contribution in [1.29, 1.82) is 0 Å². The highest BCUT2D eigenvalue weighted by Crippen LogP contribution is 2.19. The minimum atomic E-state index is -0.400. The molecule has 0 aliphatic carbocycles. The highest BCUT2D eigenvalue weighted by molar-refractivity contribution is 5.96. The van der Waals surface area contributed by atoms with Gasteiger partial charge in [-0.3, -0.25) is 4.79 Å². The molecular formula is C20H25N3O3. The van der Waals surface area contributed by atoms with Crippen molar-refractivity contribution < 1.29 is 14.6 Å². The molecule has 0 radical (unpaired) electrons. The van der Waals surface area contributed by atoms with Gasteiger partial charge in [0.25, 0.3) is 0 Å². The Hall–Kier alpha value is -2.57. The zero-order valence-corrected chi connectivity index (χ0v) is 14.9. The number of nitrogens with one attached hydrogen (secondary N) is 2. The largest absolute Gasteiger partial charge is 0.392 e. The molecule has 3 rings (SSSR count). The van der Waals surface area contributed by atoms with Crippen molar-refractivity contribution in [3.8, 4) is 0 Å². The lowest BCUT2D eigenvalue weighted by atomic mass is 10.2. The molecule has 3 N–H and O–H groups in total. The summed E-state index contributed by atoms with van der Waals surface area (Å²) in [6, 6.07) is 14.9. The second kappa shape index (κ2) is 8.69. The van der Waals surface area contributed by atoms with E-state index in [1.807, 2.05) is 55.5 Å². The Labute approximate surface area is 153 Å². The summed E-state index contributed by atoms with van der Waals surface area (Å²) in [7, 11) is 0. The molecule has 6 nitrogen and oxygen atoms in total. The molecule has 1 atom stereocenters. The number of hydrogen-bond donors (Lipinski definition) is 3. The first-order chi connectivity index (χ1) is 12.7. The van der Waals surface area contributed by atoms with E-state index in [0.717, 1.165) is 48.9 Å². The van der Waals surface area contributed by atoms with Crippen LogP contribution in [0.3, 0.4) is 0 Å². The first kappa shape index (κ1) is 18.2. The monoisotopic (exact) mass is 355 g/mol. The SMILES string of the molecule is CC(Nc1cccc(CO)c1)C(=O)Nc1ccc(N2CCOCC2)cc1. The van der Waals surface area contributed by atoms with E-state index in [0.29, 0.717) is 0 Å². The number of ether oxygens (including phenoxy) is 1. The van der Waals surface area contributed by atoms with Gasteiger partial charge in [0.15, 0.2) is 0 Å². The summed E-state index contributed by atoms with van der Waals surface area (Å²) in [5.41, 5.74) is 3.52. The Morgan fingerprint density at radius 2 is 1.88 bits per heavy atom. The fourth-order valence-electron chi connectivity index (χ4n) is 2.90. The van der Waals surface area contributed by atoms with E-state index < -0.39 is 6.04 Å². The second-order valence-electron chi connectivity index (χ2n) is 6.36. The Morgan fingerprint density at radius 1 is 1.15 bits per heavy atom. The summed E-state index contributed by atoms with van der Waals surface area (Å²) < 4.78 is 5.37. The van der Waals surface area contributed by atoms with E-state index in [9.17, 15) is 9.90 Å². The van der Waals surface area contributed by atoms with Gasteiger partial charge in [-0.05, 0) is 48.9 Å². The first-order valence-electron chi connectivity index (χ1n) is 8.85. The van der Waals surface area contributed by atoms with Crippen LogP contribution in [0, 0.1) is 0 Å². The minimum absolute atomic E-state index is 0.0222. The molecule has 0 spiro atoms. The summed E-state index contributed by atoms with van der Waals surface area (Å²) in [5.74, 6) is -0.112. The average Bonchev–Trinajstić information content (AvgIpc) is 2.69. The summed E-state index contributed by atoms with van der Waals surface area (Å²) in [6.07, 6.45) is 0. The van der Waals surface area contributed by atoms with Crippen molar-refractivity contribution in [2.45, 2.75) is 19.6 Å². The minimum Gasteiger partial charge on any atom is -0.392 e. The molecule has 6 heteroatoms. The van der Waals surface area contributed by atoms with Gasteiger partial charge in [-0.25, -0.2) is 0 Å². The number of anilines is 3. The van der Waals surface area contributed by atoms with Crippen molar-refractivity contribution >= 4 is 23.0 Å². The van der Waals surface area contributed by atoms with Gasteiger partial charge >= 0.3 is 0 Å². The summed E-state index contributed by atoms with van der Waals surface area (Å²) >= 11 is 0. The zero-order valence-electron chi connectivity index (χ0n) is 14.9. The molecule has 1 aliphatic rings. The van der Waals surface area contributed by atoms with Crippen LogP contribution in [-0.4, -0.2) is 43.4 Å². The van der Waals surface area contributed by atoms with E-state index >= 15 is 0 Å². The third-order valence-electron chi connectivity index (χ3n) is 4.40. The van der Waals surface area contributed by atoms with Crippen LogP contribution in [0.15, 0.2) is 48.5 Å². The van der Waals surface area contributed by atoms with Crippen LogP contribution in [0.2, 0.25) is 0 Å². The lowest BCUT2D eigenvalue weighted by Gasteiger charge is -2.29. The number of carbonyl (C=O) groups excluding carboxylic acids is 1. The van der Waals surface area contributed by atoms with Crippen molar-refractivity contribution in [1.82, 2.24) is 0 Å². The van der Waals surface area contributed by atoms with E-state index in [4.69, 9.17) is 4.74 Å². The van der Waals surface area contributed by atoms with Crippen LogP contribution in [0.4, 0.5) is 17.1 Å². The van der Waals surface area contributed by atoms with E-state index in [-0.39, 0.29) is 12.5 Å². The van der Waals surface area contributed by atoms with Gasteiger partial charge in [-0.1, -0.05) is 12.1 Å². The van der Waals surface area contributed by atoms with Crippen LogP contribution < -0.4 is 15.5 Å². The second-order valence-corrected chi connectivity index (χ2v) is 6.36. The maximum atomic E-state index is 12.4. The lowest BCUT2D eigenvalue weighted by Crippen LogP contribution is -2.36. The highest BCUT2D eigenvalue weighted by atomic mass is 16.5. The number of morpholine rings is 1. The molecule has 1 aliphatic heterocycles. The molecule has 1 saturated heterocycles. The smallest absolute Gasteiger partial charge is 0.246 e. The third-order valence-corrected chi connectivity index (χ3v) is 4.40. The Balaban J connectivity index is 1.56. The Morgan fingerprint density at radius 3 is 2.58 bits per heavy atom. The first-order valence-corrected chi connectivity index (χ1v) is 8.85. The van der Waals surface area contributed by atoms with Crippen LogP contribution in [-0.2, 0) is 16.1 Å². The van der Waals surface area contributed by atoms with Crippen LogP contribution >= 0.6 is 0 Å². The Kier molecular flexibility index (Phi) is 6.09. The molecule has 138 valence electrons. The molecule has 26 heavy (non-hydrogen) atoms. The van der Waals surface area contributed by atoms with E-state index in [1.165, 1.54) is 0 Å². The normalized spacial score (nSPS) is 15.4. The average molecular weight is 355 g/mol.